The van der Waals surface area contributed by atoms with Crippen molar-refractivity contribution < 1.29 is 0 Å². The summed E-state index contributed by atoms with van der Waals surface area (Å²) in [4.78, 5) is 11.6. The van der Waals surface area contributed by atoms with Crippen LogP contribution in [0.2, 0.25) is 5.15 Å². The highest BCUT2D eigenvalue weighted by atomic mass is 35.5. The summed E-state index contributed by atoms with van der Waals surface area (Å²) in [6, 6.07) is 9.69. The number of nitrogens with one attached hydrogen (secondary N) is 1. The number of fused-ring (bicyclic) bond motifs is 1. The van der Waals surface area contributed by atoms with Gasteiger partial charge in [-0.3, -0.25) is 0 Å². The first kappa shape index (κ1) is 9.36. The van der Waals surface area contributed by atoms with Crippen molar-refractivity contribution in [1.29, 1.82) is 0 Å². The highest BCUT2D eigenvalue weighted by molar-refractivity contribution is 6.29. The number of aromatic amines is 1. The van der Waals surface area contributed by atoms with Gasteiger partial charge in [0.2, 0.25) is 0 Å². The van der Waals surface area contributed by atoms with Crippen LogP contribution in [0.4, 0.5) is 0 Å². The van der Waals surface area contributed by atoms with Gasteiger partial charge in [-0.15, -0.1) is 0 Å². The van der Waals surface area contributed by atoms with Gasteiger partial charge in [-0.2, -0.15) is 0 Å². The van der Waals surface area contributed by atoms with Crippen LogP contribution >= 0.6 is 11.6 Å². The molecule has 3 nitrogen and oxygen atoms in total. The van der Waals surface area contributed by atoms with Crippen LogP contribution in [0.5, 0.6) is 0 Å². The van der Waals surface area contributed by atoms with Gasteiger partial charge >= 0.3 is 0 Å². The van der Waals surface area contributed by atoms with E-state index >= 15 is 0 Å². The van der Waals surface area contributed by atoms with Gasteiger partial charge in [0.25, 0.3) is 0 Å². The van der Waals surface area contributed by atoms with Gasteiger partial charge in [-0.05, 0) is 12.1 Å². The summed E-state index contributed by atoms with van der Waals surface area (Å²) in [5.74, 6) is 0.643. The van der Waals surface area contributed by atoms with Crippen LogP contribution in [0.25, 0.3) is 22.3 Å². The van der Waals surface area contributed by atoms with Gasteiger partial charge in [0.1, 0.15) is 5.15 Å². The predicted molar refractivity (Wildman–Crippen MR) is 64.3 cm³/mol. The Bertz CT molecular complexity index is 645. The second kappa shape index (κ2) is 3.61. The lowest BCUT2D eigenvalue weighted by molar-refractivity contribution is 1.18. The first-order valence-electron chi connectivity index (χ1n) is 4.89. The van der Waals surface area contributed by atoms with Crippen molar-refractivity contribution in [2.45, 2.75) is 0 Å². The average Bonchev–Trinajstić information content (AvgIpc) is 2.72. The van der Waals surface area contributed by atoms with Crippen molar-refractivity contribution >= 4 is 22.5 Å². The molecular formula is C12H8ClN3. The van der Waals surface area contributed by atoms with Gasteiger partial charge in [0, 0.05) is 28.9 Å². The summed E-state index contributed by atoms with van der Waals surface area (Å²) < 4.78 is 0. The molecule has 0 aliphatic heterocycles. The number of halogens is 1. The van der Waals surface area contributed by atoms with Gasteiger partial charge < -0.3 is 4.98 Å². The van der Waals surface area contributed by atoms with E-state index in [1.54, 1.807) is 12.3 Å². The van der Waals surface area contributed by atoms with E-state index in [9.17, 15) is 0 Å². The van der Waals surface area contributed by atoms with Crippen LogP contribution in [0, 0.1) is 0 Å². The summed E-state index contributed by atoms with van der Waals surface area (Å²) in [7, 11) is 0. The topological polar surface area (TPSA) is 41.6 Å². The third-order valence-corrected chi connectivity index (χ3v) is 2.66. The Balaban J connectivity index is 2.26. The zero-order valence-electron chi connectivity index (χ0n) is 8.31. The van der Waals surface area contributed by atoms with Crippen LogP contribution < -0.4 is 0 Å². The number of nitrogens with zero attached hydrogens (tertiary/aromatic N) is 2. The summed E-state index contributed by atoms with van der Waals surface area (Å²) in [5, 5.41) is 1.56. The maximum atomic E-state index is 5.85. The van der Waals surface area contributed by atoms with Gasteiger partial charge in [0.15, 0.2) is 5.82 Å². The number of para-hydroxylation sites is 1. The first-order valence-corrected chi connectivity index (χ1v) is 5.27. The Hall–Kier alpha value is -1.87. The molecule has 2 aromatic heterocycles. The van der Waals surface area contributed by atoms with Crippen molar-refractivity contribution in [1.82, 2.24) is 15.0 Å². The number of hydrogen-bond donors (Lipinski definition) is 1. The SMILES string of the molecule is Clc1ccnc(-c2c[nH]c3ccccc23)n1. The molecule has 78 valence electrons. The van der Waals surface area contributed by atoms with E-state index < -0.39 is 0 Å². The molecule has 0 aliphatic carbocycles. The lowest BCUT2D eigenvalue weighted by Gasteiger charge is -1.97. The standard InChI is InChI=1S/C12H8ClN3/c13-11-5-6-14-12(16-11)9-7-15-10-4-2-1-3-8(9)10/h1-7,15H. The van der Waals surface area contributed by atoms with Gasteiger partial charge in [0.05, 0.1) is 0 Å². The lowest BCUT2D eigenvalue weighted by Crippen LogP contribution is -1.86. The molecule has 2 heterocycles. The quantitative estimate of drug-likeness (QED) is 0.651. The van der Waals surface area contributed by atoms with Gasteiger partial charge in [-0.1, -0.05) is 29.8 Å². The van der Waals surface area contributed by atoms with Crippen LogP contribution in [-0.4, -0.2) is 15.0 Å². The molecule has 3 aromatic rings. The smallest absolute Gasteiger partial charge is 0.162 e. The van der Waals surface area contributed by atoms with E-state index in [2.05, 4.69) is 15.0 Å². The molecule has 0 amide bonds. The minimum atomic E-state index is 0.454. The lowest BCUT2D eigenvalue weighted by atomic mass is 10.1. The monoisotopic (exact) mass is 229 g/mol. The van der Waals surface area contributed by atoms with E-state index in [0.717, 1.165) is 16.5 Å². The van der Waals surface area contributed by atoms with E-state index in [0.29, 0.717) is 11.0 Å². The molecule has 0 atom stereocenters. The number of benzene rings is 1. The molecule has 3 rings (SSSR count). The van der Waals surface area contributed by atoms with Gasteiger partial charge in [-0.25, -0.2) is 9.97 Å². The summed E-state index contributed by atoms with van der Waals surface area (Å²) in [6.45, 7) is 0. The molecular weight excluding hydrogens is 222 g/mol. The second-order valence-corrected chi connectivity index (χ2v) is 3.84. The van der Waals surface area contributed by atoms with Crippen molar-refractivity contribution in [2.75, 3.05) is 0 Å². The molecule has 0 spiro atoms. The number of hydrogen-bond acceptors (Lipinski definition) is 2. The Morgan fingerprint density at radius 3 is 2.88 bits per heavy atom. The molecule has 0 saturated heterocycles. The van der Waals surface area contributed by atoms with E-state index in [4.69, 9.17) is 11.6 Å². The number of rotatable bonds is 1. The van der Waals surface area contributed by atoms with Crippen molar-refractivity contribution in [3.05, 3.63) is 47.9 Å². The Kier molecular flexibility index (Phi) is 2.11. The molecule has 16 heavy (non-hydrogen) atoms. The van der Waals surface area contributed by atoms with E-state index in [-0.39, 0.29) is 0 Å². The van der Waals surface area contributed by atoms with Crippen LogP contribution in [0.1, 0.15) is 0 Å². The fourth-order valence-electron chi connectivity index (χ4n) is 1.72. The number of aromatic nitrogens is 3. The van der Waals surface area contributed by atoms with E-state index in [1.807, 2.05) is 30.5 Å². The van der Waals surface area contributed by atoms with Crippen LogP contribution in [0.3, 0.4) is 0 Å². The van der Waals surface area contributed by atoms with Crippen LogP contribution in [-0.2, 0) is 0 Å². The minimum Gasteiger partial charge on any atom is -0.360 e. The summed E-state index contributed by atoms with van der Waals surface area (Å²) in [6.07, 6.45) is 3.56. The zero-order valence-corrected chi connectivity index (χ0v) is 9.07. The summed E-state index contributed by atoms with van der Waals surface area (Å²) in [5.41, 5.74) is 2.04. The van der Waals surface area contributed by atoms with Crippen molar-refractivity contribution in [3.8, 4) is 11.4 Å². The molecule has 0 saturated carbocycles. The molecule has 0 aliphatic rings. The maximum absolute atomic E-state index is 5.85. The first-order chi connectivity index (χ1) is 7.84. The largest absolute Gasteiger partial charge is 0.360 e. The molecule has 0 bridgehead atoms. The Labute approximate surface area is 97.1 Å². The highest BCUT2D eigenvalue weighted by Gasteiger charge is 2.07. The second-order valence-electron chi connectivity index (χ2n) is 3.45. The maximum Gasteiger partial charge on any atom is 0.162 e. The fraction of sp³-hybridized carbons (Fsp3) is 0. The fourth-order valence-corrected chi connectivity index (χ4v) is 1.86. The average molecular weight is 230 g/mol. The molecule has 1 aromatic carbocycles. The predicted octanol–water partition coefficient (Wildman–Crippen LogP) is 3.28. The van der Waals surface area contributed by atoms with E-state index in [1.165, 1.54) is 0 Å². The van der Waals surface area contributed by atoms with Crippen molar-refractivity contribution in [3.63, 3.8) is 0 Å². The highest BCUT2D eigenvalue weighted by Crippen LogP contribution is 2.25. The van der Waals surface area contributed by atoms with Crippen molar-refractivity contribution in [2.24, 2.45) is 0 Å². The minimum absolute atomic E-state index is 0.454. The Morgan fingerprint density at radius 1 is 1.12 bits per heavy atom. The number of H-pyrrole nitrogens is 1. The molecule has 0 radical (unpaired) electrons. The third kappa shape index (κ3) is 1.46. The molecule has 4 heteroatoms. The molecule has 1 N–H and O–H groups in total. The summed E-state index contributed by atoms with van der Waals surface area (Å²) >= 11 is 5.85. The zero-order chi connectivity index (χ0) is 11.0. The normalized spacial score (nSPS) is 10.8. The Morgan fingerprint density at radius 2 is 2.00 bits per heavy atom. The van der Waals surface area contributed by atoms with Crippen LogP contribution in [0.15, 0.2) is 42.7 Å². The third-order valence-electron chi connectivity index (χ3n) is 2.45. The molecule has 0 unspecified atom stereocenters. The molecule has 0 fully saturated rings.